The lowest BCUT2D eigenvalue weighted by Gasteiger charge is -2.12. The maximum absolute atomic E-state index is 12.4. The van der Waals surface area contributed by atoms with Gasteiger partial charge in [0.1, 0.15) is 11.4 Å². The van der Waals surface area contributed by atoms with Gasteiger partial charge >= 0.3 is 0 Å². The van der Waals surface area contributed by atoms with Crippen LogP contribution >= 0.6 is 0 Å². The second kappa shape index (κ2) is 8.49. The molecule has 0 aliphatic heterocycles. The molecule has 6 nitrogen and oxygen atoms in total. The minimum atomic E-state index is -0.164. The van der Waals surface area contributed by atoms with Crippen molar-refractivity contribution >= 4 is 16.9 Å². The Hall–Kier alpha value is -3.15. The number of ether oxygens (including phenoxy) is 1. The van der Waals surface area contributed by atoms with Crippen LogP contribution in [0.2, 0.25) is 0 Å². The van der Waals surface area contributed by atoms with Gasteiger partial charge in [-0.3, -0.25) is 9.59 Å². The number of fused-ring (bicyclic) bond motifs is 1. The second-order valence-corrected chi connectivity index (χ2v) is 6.21. The van der Waals surface area contributed by atoms with E-state index in [0.717, 1.165) is 22.3 Å². The molecule has 1 amide bonds. The van der Waals surface area contributed by atoms with Crippen LogP contribution in [-0.2, 0) is 17.9 Å². The fourth-order valence-corrected chi connectivity index (χ4v) is 2.98. The maximum atomic E-state index is 12.4. The van der Waals surface area contributed by atoms with E-state index in [1.807, 2.05) is 55.5 Å². The Morgan fingerprint density at radius 1 is 1.15 bits per heavy atom. The molecule has 0 atom stereocenters. The highest BCUT2D eigenvalue weighted by atomic mass is 16.5. The predicted molar refractivity (Wildman–Crippen MR) is 105 cm³/mol. The molecular weight excluding hydrogens is 342 g/mol. The molecule has 0 bridgehead atoms. The molecule has 0 radical (unpaired) electrons. The van der Waals surface area contributed by atoms with E-state index in [1.54, 1.807) is 11.5 Å². The maximum Gasteiger partial charge on any atom is 0.272 e. The first-order valence-electron chi connectivity index (χ1n) is 9.03. The summed E-state index contributed by atoms with van der Waals surface area (Å²) in [5, 5.41) is 2.90. The van der Waals surface area contributed by atoms with Gasteiger partial charge in [0.2, 0.25) is 5.91 Å². The standard InChI is InChI=1S/C21H23N3O3/c1-3-27-19-11-7-4-8-16(19)14-22-20(25)12-13-24-18-10-6-5-9-17(18)23-15(2)21(24)26/h4-11H,3,12-14H2,1-2H3,(H,22,25). The van der Waals surface area contributed by atoms with Crippen LogP contribution in [0.15, 0.2) is 53.3 Å². The van der Waals surface area contributed by atoms with E-state index >= 15 is 0 Å². The lowest BCUT2D eigenvalue weighted by atomic mass is 10.2. The van der Waals surface area contributed by atoms with Gasteiger partial charge < -0.3 is 14.6 Å². The third-order valence-corrected chi connectivity index (χ3v) is 4.33. The van der Waals surface area contributed by atoms with E-state index in [1.165, 1.54) is 0 Å². The molecule has 1 N–H and O–H groups in total. The summed E-state index contributed by atoms with van der Waals surface area (Å²) < 4.78 is 7.19. The molecule has 3 rings (SSSR count). The average Bonchev–Trinajstić information content (AvgIpc) is 2.68. The third kappa shape index (κ3) is 4.34. The number of aryl methyl sites for hydroxylation is 2. The fourth-order valence-electron chi connectivity index (χ4n) is 2.98. The van der Waals surface area contributed by atoms with Gasteiger partial charge in [-0.1, -0.05) is 30.3 Å². The van der Waals surface area contributed by atoms with Crippen LogP contribution in [0.25, 0.3) is 11.0 Å². The number of aromatic nitrogens is 2. The van der Waals surface area contributed by atoms with Crippen molar-refractivity contribution in [2.45, 2.75) is 33.4 Å². The molecule has 0 unspecified atom stereocenters. The van der Waals surface area contributed by atoms with Crippen LogP contribution < -0.4 is 15.6 Å². The Labute approximate surface area is 157 Å². The monoisotopic (exact) mass is 365 g/mol. The van der Waals surface area contributed by atoms with Crippen LogP contribution in [0, 0.1) is 6.92 Å². The largest absolute Gasteiger partial charge is 0.494 e. The number of rotatable bonds is 7. The molecule has 140 valence electrons. The summed E-state index contributed by atoms with van der Waals surface area (Å²) in [6, 6.07) is 15.1. The van der Waals surface area contributed by atoms with E-state index < -0.39 is 0 Å². The number of nitrogens with one attached hydrogen (secondary N) is 1. The van der Waals surface area contributed by atoms with Gasteiger partial charge in [0, 0.05) is 25.1 Å². The highest BCUT2D eigenvalue weighted by molar-refractivity contribution is 5.77. The zero-order valence-electron chi connectivity index (χ0n) is 15.6. The van der Waals surface area contributed by atoms with Crippen molar-refractivity contribution < 1.29 is 9.53 Å². The van der Waals surface area contributed by atoms with Gasteiger partial charge in [-0.25, -0.2) is 4.98 Å². The summed E-state index contributed by atoms with van der Waals surface area (Å²) in [6.45, 7) is 4.88. The summed E-state index contributed by atoms with van der Waals surface area (Å²) in [6.07, 6.45) is 0.212. The Morgan fingerprint density at radius 2 is 1.89 bits per heavy atom. The lowest BCUT2D eigenvalue weighted by molar-refractivity contribution is -0.121. The predicted octanol–water partition coefficient (Wildman–Crippen LogP) is 2.81. The van der Waals surface area contributed by atoms with Crippen molar-refractivity contribution in [3.8, 4) is 5.75 Å². The molecule has 1 aromatic heterocycles. The number of benzene rings is 2. The molecule has 6 heteroatoms. The first-order chi connectivity index (χ1) is 13.1. The van der Waals surface area contributed by atoms with Crippen molar-refractivity contribution in [2.24, 2.45) is 0 Å². The van der Waals surface area contributed by atoms with Gasteiger partial charge in [0.05, 0.1) is 17.6 Å². The normalized spacial score (nSPS) is 10.7. The van der Waals surface area contributed by atoms with Crippen LogP contribution in [0.4, 0.5) is 0 Å². The topological polar surface area (TPSA) is 73.2 Å². The molecule has 0 aliphatic carbocycles. The van der Waals surface area contributed by atoms with Gasteiger partial charge in [-0.2, -0.15) is 0 Å². The molecule has 0 saturated carbocycles. The zero-order chi connectivity index (χ0) is 19.2. The first kappa shape index (κ1) is 18.6. The SMILES string of the molecule is CCOc1ccccc1CNC(=O)CCn1c(=O)c(C)nc2ccccc21. The highest BCUT2D eigenvalue weighted by Gasteiger charge is 2.10. The van der Waals surface area contributed by atoms with Gasteiger partial charge in [-0.15, -0.1) is 0 Å². The Bertz CT molecular complexity index is 1010. The molecule has 0 fully saturated rings. The number of para-hydroxylation sites is 3. The van der Waals surface area contributed by atoms with E-state index in [-0.39, 0.29) is 17.9 Å². The molecule has 0 saturated heterocycles. The highest BCUT2D eigenvalue weighted by Crippen LogP contribution is 2.17. The molecule has 27 heavy (non-hydrogen) atoms. The Balaban J connectivity index is 1.68. The summed E-state index contributed by atoms with van der Waals surface area (Å²) in [4.78, 5) is 29.1. The Kier molecular flexibility index (Phi) is 5.86. The lowest BCUT2D eigenvalue weighted by Crippen LogP contribution is -2.29. The quantitative estimate of drug-likeness (QED) is 0.699. The average molecular weight is 365 g/mol. The Morgan fingerprint density at radius 3 is 2.70 bits per heavy atom. The van der Waals surface area contributed by atoms with Crippen LogP contribution in [-0.4, -0.2) is 22.1 Å². The van der Waals surface area contributed by atoms with Gasteiger partial charge in [0.15, 0.2) is 0 Å². The number of amides is 1. The molecular formula is C21H23N3O3. The molecule has 3 aromatic rings. The van der Waals surface area contributed by atoms with Crippen LogP contribution in [0.1, 0.15) is 24.6 Å². The van der Waals surface area contributed by atoms with Gasteiger partial charge in [0.25, 0.3) is 5.56 Å². The zero-order valence-corrected chi connectivity index (χ0v) is 15.6. The second-order valence-electron chi connectivity index (χ2n) is 6.21. The van der Waals surface area contributed by atoms with Crippen molar-refractivity contribution in [3.05, 3.63) is 70.1 Å². The molecule has 0 aliphatic rings. The molecule has 0 spiro atoms. The number of hydrogen-bond donors (Lipinski definition) is 1. The molecule has 2 aromatic carbocycles. The van der Waals surface area contributed by atoms with Crippen molar-refractivity contribution in [3.63, 3.8) is 0 Å². The van der Waals surface area contributed by atoms with Crippen molar-refractivity contribution in [1.29, 1.82) is 0 Å². The number of nitrogens with zero attached hydrogens (tertiary/aromatic N) is 2. The minimum Gasteiger partial charge on any atom is -0.494 e. The van der Waals surface area contributed by atoms with Gasteiger partial charge in [-0.05, 0) is 32.0 Å². The number of carbonyl (C=O) groups is 1. The summed E-state index contributed by atoms with van der Waals surface area (Å²) in [5.74, 6) is 0.652. The van der Waals surface area contributed by atoms with E-state index in [9.17, 15) is 9.59 Å². The fraction of sp³-hybridized carbons (Fsp3) is 0.286. The van der Waals surface area contributed by atoms with E-state index in [2.05, 4.69) is 10.3 Å². The third-order valence-electron chi connectivity index (χ3n) is 4.33. The first-order valence-corrected chi connectivity index (χ1v) is 9.03. The number of hydrogen-bond acceptors (Lipinski definition) is 4. The summed E-state index contributed by atoms with van der Waals surface area (Å²) >= 11 is 0. The van der Waals surface area contributed by atoms with E-state index in [4.69, 9.17) is 4.74 Å². The smallest absolute Gasteiger partial charge is 0.272 e. The molecule has 1 heterocycles. The van der Waals surface area contributed by atoms with Crippen LogP contribution in [0.5, 0.6) is 5.75 Å². The summed E-state index contributed by atoms with van der Waals surface area (Å²) in [7, 11) is 0. The van der Waals surface area contributed by atoms with Crippen LogP contribution in [0.3, 0.4) is 0 Å². The van der Waals surface area contributed by atoms with E-state index in [0.29, 0.717) is 25.4 Å². The van der Waals surface area contributed by atoms with Crippen molar-refractivity contribution in [1.82, 2.24) is 14.9 Å². The minimum absolute atomic E-state index is 0.119. The van der Waals surface area contributed by atoms with Crippen molar-refractivity contribution in [2.75, 3.05) is 6.61 Å². The number of carbonyl (C=O) groups excluding carboxylic acids is 1. The summed E-state index contributed by atoms with van der Waals surface area (Å²) in [5.41, 5.74) is 2.68.